The number of carbonyl (C=O) groups is 3. The van der Waals surface area contributed by atoms with Crippen molar-refractivity contribution in [2.24, 2.45) is 0 Å². The van der Waals surface area contributed by atoms with Gasteiger partial charge in [-0.05, 0) is 44.0 Å². The summed E-state index contributed by atoms with van der Waals surface area (Å²) in [6.07, 6.45) is 0. The molecule has 2 aromatic carbocycles. The summed E-state index contributed by atoms with van der Waals surface area (Å²) in [5.74, 6) is -0.603. The monoisotopic (exact) mass is 420 g/mol. The van der Waals surface area contributed by atoms with E-state index >= 15 is 0 Å². The Hall–Kier alpha value is -3.35. The minimum absolute atomic E-state index is 0.208. The molecular formula is C24H28N4O3. The molecule has 2 saturated heterocycles. The number of anilines is 1. The van der Waals surface area contributed by atoms with E-state index in [-0.39, 0.29) is 12.5 Å². The molecule has 0 spiro atoms. The quantitative estimate of drug-likeness (QED) is 0.771. The van der Waals surface area contributed by atoms with Gasteiger partial charge in [-0.2, -0.15) is 0 Å². The largest absolute Gasteiger partial charge is 0.368 e. The smallest absolute Gasteiger partial charge is 0.325 e. The third kappa shape index (κ3) is 4.00. The average Bonchev–Trinajstić information content (AvgIpc) is 2.98. The highest BCUT2D eigenvalue weighted by Gasteiger charge is 2.49. The molecule has 1 atom stereocenters. The van der Waals surface area contributed by atoms with E-state index in [1.807, 2.05) is 37.3 Å². The molecule has 7 heteroatoms. The SMILES string of the molecule is Cc1ccc(C2(C)NC(=O)N(CC(=O)N3CCN(c4cccc(C)c4)CC3)C2=O)cc1. The number of hydrogen-bond donors (Lipinski definition) is 1. The topological polar surface area (TPSA) is 73.0 Å². The third-order valence-corrected chi connectivity index (χ3v) is 6.20. The summed E-state index contributed by atoms with van der Waals surface area (Å²) in [6, 6.07) is 15.3. The number of nitrogens with one attached hydrogen (secondary N) is 1. The minimum Gasteiger partial charge on any atom is -0.368 e. The Morgan fingerprint density at radius 1 is 0.968 bits per heavy atom. The van der Waals surface area contributed by atoms with Crippen molar-refractivity contribution < 1.29 is 14.4 Å². The van der Waals surface area contributed by atoms with Crippen molar-refractivity contribution in [3.8, 4) is 0 Å². The van der Waals surface area contributed by atoms with Crippen LogP contribution in [0.2, 0.25) is 0 Å². The van der Waals surface area contributed by atoms with Crippen LogP contribution in [0.3, 0.4) is 0 Å². The number of nitrogens with zero attached hydrogens (tertiary/aromatic N) is 3. The molecule has 1 N–H and O–H groups in total. The van der Waals surface area contributed by atoms with E-state index in [1.165, 1.54) is 5.56 Å². The van der Waals surface area contributed by atoms with Crippen molar-refractivity contribution >= 4 is 23.5 Å². The van der Waals surface area contributed by atoms with Crippen molar-refractivity contribution in [1.29, 1.82) is 0 Å². The lowest BCUT2D eigenvalue weighted by molar-refractivity contribution is -0.139. The Balaban J connectivity index is 1.39. The van der Waals surface area contributed by atoms with Crippen LogP contribution in [0.4, 0.5) is 10.5 Å². The molecule has 2 aliphatic heterocycles. The van der Waals surface area contributed by atoms with E-state index in [9.17, 15) is 14.4 Å². The van der Waals surface area contributed by atoms with E-state index in [4.69, 9.17) is 0 Å². The van der Waals surface area contributed by atoms with Gasteiger partial charge in [-0.1, -0.05) is 42.0 Å². The predicted octanol–water partition coefficient (Wildman–Crippen LogP) is 2.42. The van der Waals surface area contributed by atoms with Crippen LogP contribution >= 0.6 is 0 Å². The molecule has 1 unspecified atom stereocenters. The molecule has 2 aliphatic rings. The van der Waals surface area contributed by atoms with Crippen LogP contribution in [0.5, 0.6) is 0 Å². The molecule has 2 aromatic rings. The van der Waals surface area contributed by atoms with Gasteiger partial charge in [-0.25, -0.2) is 4.79 Å². The van der Waals surface area contributed by atoms with E-state index in [1.54, 1.807) is 11.8 Å². The van der Waals surface area contributed by atoms with Gasteiger partial charge in [0.15, 0.2) is 0 Å². The Kier molecular flexibility index (Phi) is 5.43. The van der Waals surface area contributed by atoms with Gasteiger partial charge in [0.2, 0.25) is 5.91 Å². The second kappa shape index (κ2) is 8.06. The zero-order chi connectivity index (χ0) is 22.2. The first-order chi connectivity index (χ1) is 14.8. The maximum atomic E-state index is 13.1. The van der Waals surface area contributed by atoms with Crippen LogP contribution in [-0.4, -0.2) is 60.4 Å². The molecule has 162 valence electrons. The number of aryl methyl sites for hydroxylation is 2. The number of rotatable bonds is 4. The van der Waals surface area contributed by atoms with Gasteiger partial charge >= 0.3 is 6.03 Å². The molecule has 7 nitrogen and oxygen atoms in total. The average molecular weight is 421 g/mol. The molecule has 4 rings (SSSR count). The molecule has 0 aliphatic carbocycles. The standard InChI is InChI=1S/C24H28N4O3/c1-17-7-9-19(10-8-17)24(3)22(30)28(23(31)25-24)16-21(29)27-13-11-26(12-14-27)20-6-4-5-18(2)15-20/h4-10,15H,11-14,16H2,1-3H3,(H,25,31). The third-order valence-electron chi connectivity index (χ3n) is 6.20. The van der Waals surface area contributed by atoms with E-state index < -0.39 is 17.5 Å². The number of hydrogen-bond acceptors (Lipinski definition) is 4. The van der Waals surface area contributed by atoms with Gasteiger partial charge in [-0.3, -0.25) is 14.5 Å². The molecule has 2 fully saturated rings. The number of amides is 4. The van der Waals surface area contributed by atoms with Crippen LogP contribution in [0.15, 0.2) is 48.5 Å². The lowest BCUT2D eigenvalue weighted by atomic mass is 9.91. The summed E-state index contributed by atoms with van der Waals surface area (Å²) in [4.78, 5) is 43.5. The molecule has 2 heterocycles. The van der Waals surface area contributed by atoms with Crippen LogP contribution in [0.1, 0.15) is 23.6 Å². The maximum Gasteiger partial charge on any atom is 0.325 e. The summed E-state index contributed by atoms with van der Waals surface area (Å²) >= 11 is 0. The van der Waals surface area contributed by atoms with Gasteiger partial charge in [0, 0.05) is 31.9 Å². The summed E-state index contributed by atoms with van der Waals surface area (Å²) in [5.41, 5.74) is 2.97. The summed E-state index contributed by atoms with van der Waals surface area (Å²) < 4.78 is 0. The lowest BCUT2D eigenvalue weighted by Crippen LogP contribution is -2.52. The van der Waals surface area contributed by atoms with Crippen molar-refractivity contribution in [1.82, 2.24) is 15.1 Å². The second-order valence-corrected chi connectivity index (χ2v) is 8.52. The van der Waals surface area contributed by atoms with Crippen LogP contribution in [0.25, 0.3) is 0 Å². The number of imide groups is 1. The lowest BCUT2D eigenvalue weighted by Gasteiger charge is -2.36. The first-order valence-corrected chi connectivity index (χ1v) is 10.6. The summed E-state index contributed by atoms with van der Waals surface area (Å²) in [7, 11) is 0. The van der Waals surface area contributed by atoms with Crippen molar-refractivity contribution in [3.05, 3.63) is 65.2 Å². The Labute approximate surface area is 182 Å². The van der Waals surface area contributed by atoms with Gasteiger partial charge in [-0.15, -0.1) is 0 Å². The van der Waals surface area contributed by atoms with Crippen molar-refractivity contribution in [3.63, 3.8) is 0 Å². The summed E-state index contributed by atoms with van der Waals surface area (Å²) in [5, 5.41) is 2.77. The van der Waals surface area contributed by atoms with Gasteiger partial charge < -0.3 is 15.1 Å². The first kappa shape index (κ1) is 20.9. The fourth-order valence-electron chi connectivity index (χ4n) is 4.20. The highest BCUT2D eigenvalue weighted by molar-refractivity contribution is 6.09. The van der Waals surface area contributed by atoms with Gasteiger partial charge in [0.05, 0.1) is 0 Å². The Morgan fingerprint density at radius 2 is 1.65 bits per heavy atom. The highest BCUT2D eigenvalue weighted by Crippen LogP contribution is 2.29. The van der Waals surface area contributed by atoms with Crippen molar-refractivity contribution in [2.45, 2.75) is 26.3 Å². The minimum atomic E-state index is -1.16. The molecule has 0 saturated carbocycles. The molecule has 31 heavy (non-hydrogen) atoms. The molecule has 4 amide bonds. The summed E-state index contributed by atoms with van der Waals surface area (Å²) in [6.45, 7) is 8.03. The van der Waals surface area contributed by atoms with Crippen LogP contribution in [-0.2, 0) is 15.1 Å². The Morgan fingerprint density at radius 3 is 2.29 bits per heavy atom. The Bertz CT molecular complexity index is 1010. The highest BCUT2D eigenvalue weighted by atomic mass is 16.2. The molecular weight excluding hydrogens is 392 g/mol. The predicted molar refractivity (Wildman–Crippen MR) is 119 cm³/mol. The maximum absolute atomic E-state index is 13.1. The van der Waals surface area contributed by atoms with E-state index in [2.05, 4.69) is 35.3 Å². The number of urea groups is 1. The van der Waals surface area contributed by atoms with Gasteiger partial charge in [0.25, 0.3) is 5.91 Å². The van der Waals surface area contributed by atoms with E-state index in [0.717, 1.165) is 29.2 Å². The normalized spacial score (nSPS) is 21.5. The number of piperazine rings is 1. The molecule has 0 bridgehead atoms. The van der Waals surface area contributed by atoms with Crippen LogP contribution in [0, 0.1) is 13.8 Å². The van der Waals surface area contributed by atoms with Crippen LogP contribution < -0.4 is 10.2 Å². The van der Waals surface area contributed by atoms with Gasteiger partial charge in [0.1, 0.15) is 12.1 Å². The molecule has 0 radical (unpaired) electrons. The number of carbonyl (C=O) groups excluding carboxylic acids is 3. The number of benzene rings is 2. The molecule has 0 aromatic heterocycles. The second-order valence-electron chi connectivity index (χ2n) is 8.52. The zero-order valence-electron chi connectivity index (χ0n) is 18.2. The fraction of sp³-hybridized carbons (Fsp3) is 0.375. The van der Waals surface area contributed by atoms with Crippen molar-refractivity contribution in [2.75, 3.05) is 37.6 Å². The fourth-order valence-corrected chi connectivity index (χ4v) is 4.20. The first-order valence-electron chi connectivity index (χ1n) is 10.6. The van der Waals surface area contributed by atoms with E-state index in [0.29, 0.717) is 18.7 Å². The zero-order valence-corrected chi connectivity index (χ0v) is 18.2.